The Bertz CT molecular complexity index is 329. The molecular formula is C10H17N3O2. The fraction of sp³-hybridized carbons (Fsp3) is 0.800. The molecule has 0 aromatic heterocycles. The lowest BCUT2D eigenvalue weighted by Gasteiger charge is -2.43. The first-order chi connectivity index (χ1) is 7.00. The average molecular weight is 211 g/mol. The van der Waals surface area contributed by atoms with E-state index in [0.717, 1.165) is 6.42 Å². The first-order valence-electron chi connectivity index (χ1n) is 5.30. The topological polar surface area (TPSA) is 76.7 Å². The average Bonchev–Trinajstić information content (AvgIpc) is 2.41. The lowest BCUT2D eigenvalue weighted by molar-refractivity contribution is -0.0852. The molecule has 15 heavy (non-hydrogen) atoms. The molecular weight excluding hydrogens is 194 g/mol. The maximum Gasteiger partial charge on any atom is 0.343 e. The highest BCUT2D eigenvalue weighted by atomic mass is 16.5. The van der Waals surface area contributed by atoms with Crippen molar-refractivity contribution in [2.75, 3.05) is 6.61 Å². The minimum atomic E-state index is -0.458. The van der Waals surface area contributed by atoms with Gasteiger partial charge in [0.15, 0.2) is 0 Å². The molecule has 0 aromatic carbocycles. The van der Waals surface area contributed by atoms with Crippen LogP contribution in [0, 0.1) is 0 Å². The van der Waals surface area contributed by atoms with Gasteiger partial charge < -0.3 is 15.8 Å². The third-order valence-electron chi connectivity index (χ3n) is 3.46. The molecule has 0 radical (unpaired) electrons. The lowest BCUT2D eigenvalue weighted by atomic mass is 9.79. The van der Waals surface area contributed by atoms with Crippen LogP contribution >= 0.6 is 0 Å². The Labute approximate surface area is 89.1 Å². The maximum absolute atomic E-state index is 11.2. The van der Waals surface area contributed by atoms with Crippen molar-refractivity contribution in [3.63, 3.8) is 0 Å². The predicted molar refractivity (Wildman–Crippen MR) is 56.8 cm³/mol. The molecule has 0 saturated carbocycles. The first kappa shape index (κ1) is 10.4. The summed E-state index contributed by atoms with van der Waals surface area (Å²) in [6, 6.07) is -0.326. The second-order valence-electron chi connectivity index (χ2n) is 4.59. The van der Waals surface area contributed by atoms with Crippen LogP contribution in [0.15, 0.2) is 4.99 Å². The van der Waals surface area contributed by atoms with Crippen molar-refractivity contribution in [3.8, 4) is 0 Å². The number of urea groups is 1. The smallest absolute Gasteiger partial charge is 0.343 e. The van der Waals surface area contributed by atoms with Gasteiger partial charge in [-0.1, -0.05) is 6.92 Å². The van der Waals surface area contributed by atoms with Crippen molar-refractivity contribution >= 4 is 11.9 Å². The molecule has 84 valence electrons. The van der Waals surface area contributed by atoms with Crippen molar-refractivity contribution in [1.29, 1.82) is 0 Å². The highest BCUT2D eigenvalue weighted by Gasteiger charge is 2.48. The van der Waals surface area contributed by atoms with Crippen molar-refractivity contribution in [2.24, 2.45) is 10.7 Å². The van der Waals surface area contributed by atoms with E-state index >= 15 is 0 Å². The van der Waals surface area contributed by atoms with E-state index in [4.69, 9.17) is 10.5 Å². The number of amidine groups is 1. The summed E-state index contributed by atoms with van der Waals surface area (Å²) in [6.07, 6.45) is 2.32. The van der Waals surface area contributed by atoms with Gasteiger partial charge >= 0.3 is 6.03 Å². The molecule has 2 aliphatic heterocycles. The molecule has 3 N–H and O–H groups in total. The lowest BCUT2D eigenvalue weighted by Crippen LogP contribution is -2.59. The monoisotopic (exact) mass is 211 g/mol. The fourth-order valence-corrected chi connectivity index (χ4v) is 2.31. The number of ether oxygens (including phenoxy) is 1. The number of nitrogens with two attached hydrogens (primary N) is 1. The molecule has 5 heteroatoms. The Kier molecular flexibility index (Phi) is 2.22. The molecule has 2 amide bonds. The largest absolute Gasteiger partial charge is 0.385 e. The van der Waals surface area contributed by atoms with Gasteiger partial charge in [0.25, 0.3) is 0 Å². The number of nitrogens with zero attached hydrogens (tertiary/aromatic N) is 1. The molecule has 2 aliphatic rings. The van der Waals surface area contributed by atoms with E-state index in [9.17, 15) is 4.79 Å². The van der Waals surface area contributed by atoms with Gasteiger partial charge in [0.1, 0.15) is 11.4 Å². The number of hydrogen-bond acceptors (Lipinski definition) is 3. The molecule has 0 aromatic rings. The van der Waals surface area contributed by atoms with E-state index in [-0.39, 0.29) is 11.6 Å². The molecule has 5 nitrogen and oxygen atoms in total. The minimum absolute atomic E-state index is 0.212. The summed E-state index contributed by atoms with van der Waals surface area (Å²) in [4.78, 5) is 15.0. The number of hydrogen-bond donors (Lipinski definition) is 2. The molecule has 1 spiro atoms. The Morgan fingerprint density at radius 2 is 2.40 bits per heavy atom. The first-order valence-corrected chi connectivity index (χ1v) is 5.30. The Morgan fingerprint density at radius 3 is 2.93 bits per heavy atom. The Balaban J connectivity index is 2.24. The van der Waals surface area contributed by atoms with Crippen molar-refractivity contribution in [1.82, 2.24) is 5.32 Å². The van der Waals surface area contributed by atoms with Gasteiger partial charge in [-0.25, -0.2) is 4.79 Å². The van der Waals surface area contributed by atoms with E-state index in [1.165, 1.54) is 0 Å². The number of carbonyl (C=O) groups excluding carboxylic acids is 1. The highest BCUT2D eigenvalue weighted by Crippen LogP contribution is 2.36. The van der Waals surface area contributed by atoms with E-state index in [2.05, 4.69) is 17.2 Å². The van der Waals surface area contributed by atoms with Crippen LogP contribution < -0.4 is 11.1 Å². The standard InChI is InChI=1S/C10H17N3O2/c1-3-9(2)6-10(4-5-15-9)7(11)12-8(14)13-10/h3-6H2,1-2H3,(H3,11,12,13,14). The van der Waals surface area contributed by atoms with Crippen LogP contribution in [0.1, 0.15) is 33.1 Å². The number of amides is 2. The second-order valence-corrected chi connectivity index (χ2v) is 4.59. The van der Waals surface area contributed by atoms with Gasteiger partial charge in [-0.2, -0.15) is 4.99 Å². The van der Waals surface area contributed by atoms with Crippen molar-refractivity contribution in [2.45, 2.75) is 44.2 Å². The van der Waals surface area contributed by atoms with Gasteiger partial charge in [0.2, 0.25) is 0 Å². The van der Waals surface area contributed by atoms with Crippen LogP contribution in [-0.4, -0.2) is 29.6 Å². The highest BCUT2D eigenvalue weighted by molar-refractivity contribution is 6.05. The summed E-state index contributed by atoms with van der Waals surface area (Å²) in [5.41, 5.74) is 5.15. The molecule has 0 bridgehead atoms. The Hall–Kier alpha value is -1.10. The van der Waals surface area contributed by atoms with Crippen molar-refractivity contribution in [3.05, 3.63) is 0 Å². The zero-order valence-electron chi connectivity index (χ0n) is 9.17. The quantitative estimate of drug-likeness (QED) is 0.673. The van der Waals surface area contributed by atoms with E-state index in [1.807, 2.05) is 6.92 Å². The van der Waals surface area contributed by atoms with Gasteiger partial charge in [0.05, 0.1) is 5.60 Å². The minimum Gasteiger partial charge on any atom is -0.385 e. The summed E-state index contributed by atoms with van der Waals surface area (Å²) in [5, 5.41) is 2.86. The van der Waals surface area contributed by atoms with Gasteiger partial charge in [-0.3, -0.25) is 0 Å². The summed E-state index contributed by atoms with van der Waals surface area (Å²) >= 11 is 0. The fourth-order valence-electron chi connectivity index (χ4n) is 2.31. The third kappa shape index (κ3) is 1.61. The zero-order valence-corrected chi connectivity index (χ0v) is 9.17. The van der Waals surface area contributed by atoms with Crippen LogP contribution in [0.4, 0.5) is 4.79 Å². The maximum atomic E-state index is 11.2. The molecule has 2 atom stereocenters. The summed E-state index contributed by atoms with van der Waals surface area (Å²) in [5.74, 6) is 0.412. The second kappa shape index (κ2) is 3.20. The van der Waals surface area contributed by atoms with Crippen LogP contribution in [-0.2, 0) is 4.74 Å². The van der Waals surface area contributed by atoms with Crippen LogP contribution in [0.3, 0.4) is 0 Å². The van der Waals surface area contributed by atoms with E-state index < -0.39 is 5.54 Å². The zero-order chi connectivity index (χ0) is 11.1. The third-order valence-corrected chi connectivity index (χ3v) is 3.46. The normalized spacial score (nSPS) is 40.4. The SMILES string of the molecule is CCC1(C)CC2(CCO1)NC(=O)N=C2N. The number of rotatable bonds is 1. The van der Waals surface area contributed by atoms with E-state index in [0.29, 0.717) is 25.3 Å². The molecule has 2 unspecified atom stereocenters. The number of nitrogens with one attached hydrogen (secondary N) is 1. The Morgan fingerprint density at radius 1 is 1.67 bits per heavy atom. The molecule has 2 rings (SSSR count). The molecule has 0 aliphatic carbocycles. The molecule has 2 heterocycles. The predicted octanol–water partition coefficient (Wildman–Crippen LogP) is 0.785. The molecule has 1 fully saturated rings. The number of aliphatic imine (C=N–C) groups is 1. The van der Waals surface area contributed by atoms with E-state index in [1.54, 1.807) is 0 Å². The number of carbonyl (C=O) groups is 1. The van der Waals surface area contributed by atoms with Crippen LogP contribution in [0.2, 0.25) is 0 Å². The van der Waals surface area contributed by atoms with Gasteiger partial charge in [0, 0.05) is 19.4 Å². The summed E-state index contributed by atoms with van der Waals surface area (Å²) in [7, 11) is 0. The van der Waals surface area contributed by atoms with Gasteiger partial charge in [-0.05, 0) is 13.3 Å². The summed E-state index contributed by atoms with van der Waals surface area (Å²) in [6.45, 7) is 4.73. The van der Waals surface area contributed by atoms with Crippen molar-refractivity contribution < 1.29 is 9.53 Å². The summed E-state index contributed by atoms with van der Waals surface area (Å²) < 4.78 is 5.72. The molecule has 1 saturated heterocycles. The van der Waals surface area contributed by atoms with Crippen LogP contribution in [0.25, 0.3) is 0 Å². The van der Waals surface area contributed by atoms with Crippen LogP contribution in [0.5, 0.6) is 0 Å². The van der Waals surface area contributed by atoms with Gasteiger partial charge in [-0.15, -0.1) is 0 Å².